The highest BCUT2D eigenvalue weighted by Gasteiger charge is 2.30. The fourth-order valence-corrected chi connectivity index (χ4v) is 3.59. The highest BCUT2D eigenvalue weighted by Crippen LogP contribution is 2.24. The molecule has 1 aliphatic carbocycles. The molecule has 1 atom stereocenters. The predicted molar refractivity (Wildman–Crippen MR) is 101 cm³/mol. The smallest absolute Gasteiger partial charge is 0.245 e. The Morgan fingerprint density at radius 3 is 2.52 bits per heavy atom. The Morgan fingerprint density at radius 2 is 1.92 bits per heavy atom. The molecule has 0 heterocycles. The van der Waals surface area contributed by atoms with E-state index in [0.29, 0.717) is 11.6 Å². The van der Waals surface area contributed by atoms with Crippen molar-refractivity contribution in [2.24, 2.45) is 11.8 Å². The van der Waals surface area contributed by atoms with E-state index < -0.39 is 6.04 Å². The van der Waals surface area contributed by atoms with Gasteiger partial charge in [-0.05, 0) is 36.5 Å². The number of nitrogens with zero attached hydrogens (tertiary/aromatic N) is 1. The number of rotatable bonds is 6. The van der Waals surface area contributed by atoms with Gasteiger partial charge >= 0.3 is 0 Å². The number of carbonyl (C=O) groups is 2. The number of nitrogens with one attached hydrogen (secondary N) is 1. The fourth-order valence-electron chi connectivity index (χ4n) is 3.37. The van der Waals surface area contributed by atoms with Crippen LogP contribution in [0.15, 0.2) is 24.3 Å². The monoisotopic (exact) mass is 364 g/mol. The van der Waals surface area contributed by atoms with Crippen LogP contribution in [0.4, 0.5) is 0 Å². The second kappa shape index (κ2) is 9.23. The first-order valence-electron chi connectivity index (χ1n) is 9.18. The van der Waals surface area contributed by atoms with E-state index >= 15 is 0 Å². The summed E-state index contributed by atoms with van der Waals surface area (Å²) in [6, 6.07) is 7.00. The zero-order valence-electron chi connectivity index (χ0n) is 15.4. The topological polar surface area (TPSA) is 49.4 Å². The molecule has 1 aliphatic rings. The van der Waals surface area contributed by atoms with E-state index in [4.69, 9.17) is 11.6 Å². The number of hydrogen-bond donors (Lipinski definition) is 1. The second-order valence-electron chi connectivity index (χ2n) is 7.39. The van der Waals surface area contributed by atoms with Crippen molar-refractivity contribution >= 4 is 23.4 Å². The largest absolute Gasteiger partial charge is 0.344 e. The van der Waals surface area contributed by atoms with Gasteiger partial charge in [-0.25, -0.2) is 0 Å². The Hall–Kier alpha value is -1.55. The highest BCUT2D eigenvalue weighted by atomic mass is 35.5. The Bertz CT molecular complexity index is 597. The van der Waals surface area contributed by atoms with Gasteiger partial charge in [0.15, 0.2) is 0 Å². The molecule has 0 bridgehead atoms. The summed E-state index contributed by atoms with van der Waals surface area (Å²) in [4.78, 5) is 27.1. The van der Waals surface area contributed by atoms with Crippen LogP contribution in [0.25, 0.3) is 0 Å². The van der Waals surface area contributed by atoms with E-state index in [9.17, 15) is 9.59 Å². The van der Waals surface area contributed by atoms with Gasteiger partial charge in [0.25, 0.3) is 0 Å². The van der Waals surface area contributed by atoms with Gasteiger partial charge in [-0.15, -0.1) is 0 Å². The van der Waals surface area contributed by atoms with Crippen LogP contribution in [-0.2, 0) is 16.1 Å². The summed E-state index contributed by atoms with van der Waals surface area (Å²) < 4.78 is 0. The van der Waals surface area contributed by atoms with Crippen LogP contribution >= 0.6 is 11.6 Å². The third-order valence-corrected chi connectivity index (χ3v) is 5.13. The molecule has 1 unspecified atom stereocenters. The van der Waals surface area contributed by atoms with E-state index in [2.05, 4.69) is 5.32 Å². The maximum atomic E-state index is 12.9. The molecule has 0 saturated heterocycles. The number of halogens is 1. The lowest BCUT2D eigenvalue weighted by atomic mass is 9.88. The second-order valence-corrected chi connectivity index (χ2v) is 7.83. The number of carbonyl (C=O) groups excluding carboxylic acids is 2. The van der Waals surface area contributed by atoms with Gasteiger partial charge in [0, 0.05) is 24.5 Å². The standard InChI is InChI=1S/C20H29ClN2O2/c1-14(2)18(22-19(24)16-9-5-4-6-10-16)20(25)23(3)13-15-8-7-11-17(21)12-15/h7-8,11-12,14,16,18H,4-6,9-10,13H2,1-3H3,(H,22,24). The van der Waals surface area contributed by atoms with Crippen LogP contribution in [0, 0.1) is 11.8 Å². The quantitative estimate of drug-likeness (QED) is 0.828. The Balaban J connectivity index is 1.99. The van der Waals surface area contributed by atoms with Crippen molar-refractivity contribution in [3.8, 4) is 0 Å². The lowest BCUT2D eigenvalue weighted by Crippen LogP contribution is -2.51. The zero-order valence-corrected chi connectivity index (χ0v) is 16.2. The van der Waals surface area contributed by atoms with Crippen molar-refractivity contribution in [2.75, 3.05) is 7.05 Å². The van der Waals surface area contributed by atoms with E-state index in [0.717, 1.165) is 31.2 Å². The summed E-state index contributed by atoms with van der Waals surface area (Å²) in [5.74, 6) is 0.0740. The predicted octanol–water partition coefficient (Wildman–Crippen LogP) is 4.02. The van der Waals surface area contributed by atoms with Crippen LogP contribution in [0.2, 0.25) is 5.02 Å². The molecule has 1 saturated carbocycles. The SMILES string of the molecule is CC(C)C(NC(=O)C1CCCCC1)C(=O)N(C)Cc1cccc(Cl)c1. The molecule has 5 heteroatoms. The molecule has 2 rings (SSSR count). The van der Waals surface area contributed by atoms with Crippen LogP contribution in [0.5, 0.6) is 0 Å². The number of hydrogen-bond acceptors (Lipinski definition) is 2. The fraction of sp³-hybridized carbons (Fsp3) is 0.600. The molecule has 1 fully saturated rings. The molecule has 25 heavy (non-hydrogen) atoms. The minimum Gasteiger partial charge on any atom is -0.344 e. The van der Waals surface area contributed by atoms with E-state index in [-0.39, 0.29) is 23.7 Å². The van der Waals surface area contributed by atoms with Crippen molar-refractivity contribution < 1.29 is 9.59 Å². The summed E-state index contributed by atoms with van der Waals surface area (Å²) in [5, 5.41) is 3.66. The molecule has 1 N–H and O–H groups in total. The molecular weight excluding hydrogens is 336 g/mol. The van der Waals surface area contributed by atoms with Gasteiger partial charge in [0.2, 0.25) is 11.8 Å². The summed E-state index contributed by atoms with van der Waals surface area (Å²) in [6.07, 6.45) is 5.28. The Morgan fingerprint density at radius 1 is 1.24 bits per heavy atom. The van der Waals surface area contributed by atoms with Gasteiger partial charge in [0.1, 0.15) is 6.04 Å². The van der Waals surface area contributed by atoms with Crippen LogP contribution < -0.4 is 5.32 Å². The molecule has 0 spiro atoms. The molecule has 0 aromatic heterocycles. The molecule has 0 aliphatic heterocycles. The first kappa shape index (κ1) is 19.8. The van der Waals surface area contributed by atoms with E-state index in [1.54, 1.807) is 11.9 Å². The average Bonchev–Trinajstić information content (AvgIpc) is 2.59. The van der Waals surface area contributed by atoms with Crippen LogP contribution in [0.3, 0.4) is 0 Å². The summed E-state index contributed by atoms with van der Waals surface area (Å²) in [6.45, 7) is 4.41. The van der Waals surface area contributed by atoms with Crippen molar-refractivity contribution in [3.05, 3.63) is 34.9 Å². The average molecular weight is 365 g/mol. The molecule has 1 aromatic rings. The van der Waals surface area contributed by atoms with Crippen molar-refractivity contribution in [1.29, 1.82) is 0 Å². The maximum Gasteiger partial charge on any atom is 0.245 e. The zero-order chi connectivity index (χ0) is 18.4. The van der Waals surface area contributed by atoms with E-state index in [1.807, 2.05) is 38.1 Å². The lowest BCUT2D eigenvalue weighted by molar-refractivity contribution is -0.138. The third kappa shape index (κ3) is 5.74. The van der Waals surface area contributed by atoms with Gasteiger partial charge in [-0.1, -0.05) is 56.8 Å². The molecule has 2 amide bonds. The van der Waals surface area contributed by atoms with Crippen LogP contribution in [0.1, 0.15) is 51.5 Å². The summed E-state index contributed by atoms with van der Waals surface area (Å²) >= 11 is 6.02. The number of likely N-dealkylation sites (N-methyl/N-ethyl adjacent to an activating group) is 1. The molecule has 1 aromatic carbocycles. The highest BCUT2D eigenvalue weighted by molar-refractivity contribution is 6.30. The Labute approximate surface area is 155 Å². The number of benzene rings is 1. The molecule has 138 valence electrons. The van der Waals surface area contributed by atoms with Crippen molar-refractivity contribution in [2.45, 2.75) is 58.5 Å². The van der Waals surface area contributed by atoms with Crippen LogP contribution in [-0.4, -0.2) is 29.8 Å². The molecule has 0 radical (unpaired) electrons. The number of amides is 2. The van der Waals surface area contributed by atoms with Gasteiger partial charge in [0.05, 0.1) is 0 Å². The maximum absolute atomic E-state index is 12.9. The Kier molecular flexibility index (Phi) is 7.30. The molecule has 4 nitrogen and oxygen atoms in total. The van der Waals surface area contributed by atoms with Gasteiger partial charge in [-0.2, -0.15) is 0 Å². The van der Waals surface area contributed by atoms with Crippen molar-refractivity contribution in [1.82, 2.24) is 10.2 Å². The minimum atomic E-state index is -0.487. The first-order chi connectivity index (χ1) is 11.9. The normalized spacial score (nSPS) is 16.5. The minimum absolute atomic E-state index is 0.0305. The summed E-state index contributed by atoms with van der Waals surface area (Å²) in [5.41, 5.74) is 0.976. The van der Waals surface area contributed by atoms with Gasteiger partial charge in [-0.3, -0.25) is 9.59 Å². The lowest BCUT2D eigenvalue weighted by Gasteiger charge is -2.29. The first-order valence-corrected chi connectivity index (χ1v) is 9.56. The van der Waals surface area contributed by atoms with Crippen molar-refractivity contribution in [3.63, 3.8) is 0 Å². The summed E-state index contributed by atoms with van der Waals surface area (Å²) in [7, 11) is 1.77. The van der Waals surface area contributed by atoms with E-state index in [1.165, 1.54) is 6.42 Å². The van der Waals surface area contributed by atoms with Gasteiger partial charge < -0.3 is 10.2 Å². The third-order valence-electron chi connectivity index (χ3n) is 4.89. The molecular formula is C20H29ClN2O2.